The highest BCUT2D eigenvalue weighted by Gasteiger charge is 2.14. The molecule has 1 aromatic rings. The molecule has 0 N–H and O–H groups in total. The molecule has 1 heterocycles. The van der Waals surface area contributed by atoms with Crippen LogP contribution in [0.5, 0.6) is 0 Å². The van der Waals surface area contributed by atoms with Crippen molar-refractivity contribution in [3.8, 4) is 6.07 Å². The summed E-state index contributed by atoms with van der Waals surface area (Å²) in [4.78, 5) is 4.06. The number of aromatic nitrogens is 1. The van der Waals surface area contributed by atoms with Crippen molar-refractivity contribution in [1.29, 1.82) is 5.26 Å². The van der Waals surface area contributed by atoms with Gasteiger partial charge in [-0.25, -0.2) is 0 Å². The van der Waals surface area contributed by atoms with Gasteiger partial charge < -0.3 is 0 Å². The van der Waals surface area contributed by atoms with Gasteiger partial charge in [-0.3, -0.25) is 4.98 Å². The van der Waals surface area contributed by atoms with Crippen LogP contribution in [0.25, 0.3) is 0 Å². The zero-order valence-corrected chi connectivity index (χ0v) is 8.07. The number of hydrogen-bond donors (Lipinski definition) is 0. The van der Waals surface area contributed by atoms with Gasteiger partial charge in [0.15, 0.2) is 0 Å². The van der Waals surface area contributed by atoms with Gasteiger partial charge in [0.1, 0.15) is 0 Å². The van der Waals surface area contributed by atoms with Gasteiger partial charge in [-0.1, -0.05) is 19.9 Å². The van der Waals surface area contributed by atoms with Gasteiger partial charge in [0, 0.05) is 24.7 Å². The zero-order valence-electron chi connectivity index (χ0n) is 8.07. The third-order valence-corrected chi connectivity index (χ3v) is 2.23. The molecule has 13 heavy (non-hydrogen) atoms. The molecule has 0 aliphatic rings. The Morgan fingerprint density at radius 3 is 2.77 bits per heavy atom. The smallest absolute Gasteiger partial charge is 0.0628 e. The summed E-state index contributed by atoms with van der Waals surface area (Å²) in [5, 5.41) is 8.68. The lowest BCUT2D eigenvalue weighted by atomic mass is 9.87. The fourth-order valence-corrected chi connectivity index (χ4v) is 1.43. The molecule has 0 aliphatic heterocycles. The van der Waals surface area contributed by atoms with Crippen LogP contribution < -0.4 is 0 Å². The largest absolute Gasteiger partial charge is 0.264 e. The van der Waals surface area contributed by atoms with E-state index < -0.39 is 0 Å². The van der Waals surface area contributed by atoms with Crippen molar-refractivity contribution in [3.63, 3.8) is 0 Å². The maximum absolute atomic E-state index is 8.68. The SMILES string of the molecule is CC(C)C(CC#N)c1cccnc1. The first kappa shape index (κ1) is 9.73. The quantitative estimate of drug-likeness (QED) is 0.706. The van der Waals surface area contributed by atoms with Crippen molar-refractivity contribution in [2.75, 3.05) is 0 Å². The maximum Gasteiger partial charge on any atom is 0.0628 e. The molecule has 2 heteroatoms. The van der Waals surface area contributed by atoms with E-state index in [4.69, 9.17) is 5.26 Å². The molecule has 0 amide bonds. The van der Waals surface area contributed by atoms with Crippen LogP contribution in [-0.4, -0.2) is 4.98 Å². The number of nitrogens with zero attached hydrogens (tertiary/aromatic N) is 2. The van der Waals surface area contributed by atoms with Gasteiger partial charge in [-0.15, -0.1) is 0 Å². The van der Waals surface area contributed by atoms with Crippen LogP contribution in [0.4, 0.5) is 0 Å². The molecule has 0 spiro atoms. The minimum absolute atomic E-state index is 0.318. The van der Waals surface area contributed by atoms with E-state index in [2.05, 4.69) is 24.9 Å². The summed E-state index contributed by atoms with van der Waals surface area (Å²) in [7, 11) is 0. The first-order valence-electron chi connectivity index (χ1n) is 4.52. The van der Waals surface area contributed by atoms with Crippen molar-refractivity contribution in [2.24, 2.45) is 5.92 Å². The van der Waals surface area contributed by atoms with Gasteiger partial charge in [0.25, 0.3) is 0 Å². The second-order valence-electron chi connectivity index (χ2n) is 3.50. The van der Waals surface area contributed by atoms with E-state index in [-0.39, 0.29) is 0 Å². The summed E-state index contributed by atoms with van der Waals surface area (Å²) in [6.45, 7) is 4.27. The summed E-state index contributed by atoms with van der Waals surface area (Å²) in [6, 6.07) is 6.18. The molecule has 1 aromatic heterocycles. The summed E-state index contributed by atoms with van der Waals surface area (Å²) in [5.41, 5.74) is 1.17. The fraction of sp³-hybridized carbons (Fsp3) is 0.455. The van der Waals surface area contributed by atoms with E-state index >= 15 is 0 Å². The van der Waals surface area contributed by atoms with E-state index in [1.165, 1.54) is 5.56 Å². The normalized spacial score (nSPS) is 12.5. The molecular weight excluding hydrogens is 160 g/mol. The summed E-state index contributed by atoms with van der Waals surface area (Å²) in [5.74, 6) is 0.808. The van der Waals surface area contributed by atoms with E-state index in [1.54, 1.807) is 6.20 Å². The Kier molecular flexibility index (Phi) is 3.45. The Morgan fingerprint density at radius 2 is 2.31 bits per heavy atom. The third kappa shape index (κ3) is 2.55. The highest BCUT2D eigenvalue weighted by Crippen LogP contribution is 2.26. The van der Waals surface area contributed by atoms with E-state index in [9.17, 15) is 0 Å². The summed E-state index contributed by atoms with van der Waals surface area (Å²) >= 11 is 0. The molecule has 1 unspecified atom stereocenters. The monoisotopic (exact) mass is 174 g/mol. The van der Waals surface area contributed by atoms with Crippen LogP contribution >= 0.6 is 0 Å². The molecule has 68 valence electrons. The third-order valence-electron chi connectivity index (χ3n) is 2.23. The Bertz CT molecular complexity index is 285. The van der Waals surface area contributed by atoms with Crippen LogP contribution in [0.15, 0.2) is 24.5 Å². The average molecular weight is 174 g/mol. The maximum atomic E-state index is 8.68. The van der Waals surface area contributed by atoms with Crippen molar-refractivity contribution < 1.29 is 0 Å². The van der Waals surface area contributed by atoms with Gasteiger partial charge in [-0.05, 0) is 17.5 Å². The molecule has 1 rings (SSSR count). The highest BCUT2D eigenvalue weighted by atomic mass is 14.6. The van der Waals surface area contributed by atoms with E-state index in [1.807, 2.05) is 18.3 Å². The molecule has 0 aliphatic carbocycles. The molecule has 0 aromatic carbocycles. The Balaban J connectivity index is 2.84. The Morgan fingerprint density at radius 1 is 1.54 bits per heavy atom. The molecule has 0 saturated heterocycles. The Labute approximate surface area is 79.2 Å². The number of rotatable bonds is 3. The predicted molar refractivity (Wildman–Crippen MR) is 52.0 cm³/mol. The van der Waals surface area contributed by atoms with Gasteiger partial charge in [0.2, 0.25) is 0 Å². The highest BCUT2D eigenvalue weighted by molar-refractivity contribution is 5.16. The first-order chi connectivity index (χ1) is 6.25. The van der Waals surface area contributed by atoms with Crippen molar-refractivity contribution in [1.82, 2.24) is 4.98 Å². The van der Waals surface area contributed by atoms with Gasteiger partial charge in [-0.2, -0.15) is 5.26 Å². The number of hydrogen-bond acceptors (Lipinski definition) is 2. The minimum atomic E-state index is 0.318. The summed E-state index contributed by atoms with van der Waals surface area (Å²) < 4.78 is 0. The van der Waals surface area contributed by atoms with E-state index in [0.29, 0.717) is 18.3 Å². The van der Waals surface area contributed by atoms with Crippen molar-refractivity contribution in [3.05, 3.63) is 30.1 Å². The zero-order chi connectivity index (χ0) is 9.68. The van der Waals surface area contributed by atoms with Crippen molar-refractivity contribution in [2.45, 2.75) is 26.2 Å². The van der Waals surface area contributed by atoms with Crippen LogP contribution in [0, 0.1) is 17.2 Å². The summed E-state index contributed by atoms with van der Waals surface area (Å²) in [6.07, 6.45) is 4.18. The molecular formula is C11H14N2. The fourth-order valence-electron chi connectivity index (χ4n) is 1.43. The molecule has 0 fully saturated rings. The lowest BCUT2D eigenvalue weighted by molar-refractivity contribution is 0.505. The Hall–Kier alpha value is -1.36. The van der Waals surface area contributed by atoms with Crippen LogP contribution in [0.3, 0.4) is 0 Å². The topological polar surface area (TPSA) is 36.7 Å². The molecule has 1 atom stereocenters. The standard InChI is InChI=1S/C11H14N2/c1-9(2)11(5-6-12)10-4-3-7-13-8-10/h3-4,7-9,11H,5H2,1-2H3. The van der Waals surface area contributed by atoms with Gasteiger partial charge >= 0.3 is 0 Å². The van der Waals surface area contributed by atoms with Crippen LogP contribution in [0.1, 0.15) is 31.7 Å². The average Bonchev–Trinajstić information content (AvgIpc) is 2.15. The number of pyridine rings is 1. The lowest BCUT2D eigenvalue weighted by Gasteiger charge is -2.17. The number of nitriles is 1. The molecule has 0 radical (unpaired) electrons. The van der Waals surface area contributed by atoms with Crippen LogP contribution in [0.2, 0.25) is 0 Å². The van der Waals surface area contributed by atoms with Crippen LogP contribution in [-0.2, 0) is 0 Å². The molecule has 2 nitrogen and oxygen atoms in total. The predicted octanol–water partition coefficient (Wildman–Crippen LogP) is 2.73. The van der Waals surface area contributed by atoms with E-state index in [0.717, 1.165) is 0 Å². The molecule has 0 bridgehead atoms. The first-order valence-corrected chi connectivity index (χ1v) is 4.52. The van der Waals surface area contributed by atoms with Crippen molar-refractivity contribution >= 4 is 0 Å². The minimum Gasteiger partial charge on any atom is -0.264 e. The lowest BCUT2D eigenvalue weighted by Crippen LogP contribution is -2.06. The second kappa shape index (κ2) is 4.61. The molecule has 0 saturated carbocycles. The van der Waals surface area contributed by atoms with Gasteiger partial charge in [0.05, 0.1) is 6.07 Å². The second-order valence-corrected chi connectivity index (χ2v) is 3.50.